The molecule has 3 aromatic heterocycles. The molecule has 3 aromatic rings. The van der Waals surface area contributed by atoms with Gasteiger partial charge in [-0.2, -0.15) is 4.98 Å². The molecule has 1 saturated heterocycles. The zero-order valence-electron chi connectivity index (χ0n) is 13.0. The Hall–Kier alpha value is -2.30. The van der Waals surface area contributed by atoms with Gasteiger partial charge in [0.05, 0.1) is 12.9 Å². The first-order valence-corrected chi connectivity index (χ1v) is 7.47. The maximum absolute atomic E-state index is 14.3. The number of nitrogens with zero attached hydrogens (tertiary/aromatic N) is 4. The van der Waals surface area contributed by atoms with Gasteiger partial charge in [-0.15, -0.1) is 0 Å². The van der Waals surface area contributed by atoms with E-state index in [0.717, 1.165) is 11.4 Å². The fourth-order valence-corrected chi connectivity index (χ4v) is 3.05. The summed E-state index contributed by atoms with van der Waals surface area (Å²) in [4.78, 5) is 24.0. The van der Waals surface area contributed by atoms with Crippen molar-refractivity contribution >= 4 is 16.9 Å². The molecule has 0 aliphatic carbocycles. The largest absolute Gasteiger partial charge is 0.394 e. The first-order chi connectivity index (χ1) is 11.4. The van der Waals surface area contributed by atoms with E-state index < -0.39 is 31.2 Å². The minimum absolute atomic E-state index is 0.0762. The first-order valence-electron chi connectivity index (χ1n) is 7.47. The number of H-pyrrole nitrogens is 1. The molecule has 0 saturated carbocycles. The van der Waals surface area contributed by atoms with Crippen LogP contribution in [0.1, 0.15) is 17.6 Å². The molecule has 24 heavy (non-hydrogen) atoms. The third-order valence-electron chi connectivity index (χ3n) is 4.52. The Morgan fingerprint density at radius 1 is 1.46 bits per heavy atom. The second kappa shape index (κ2) is 5.10. The zero-order chi connectivity index (χ0) is 17.2. The highest BCUT2D eigenvalue weighted by Gasteiger charge is 2.45. The number of fused-ring (bicyclic) bond motifs is 2. The molecule has 128 valence electrons. The Morgan fingerprint density at radius 2 is 2.21 bits per heavy atom. The van der Waals surface area contributed by atoms with Gasteiger partial charge in [0.25, 0.3) is 5.56 Å². The second-order valence-corrected chi connectivity index (χ2v) is 5.92. The monoisotopic (exact) mass is 337 g/mol. The summed E-state index contributed by atoms with van der Waals surface area (Å²) in [6, 6.07) is 0. The van der Waals surface area contributed by atoms with E-state index in [1.54, 1.807) is 6.92 Å². The number of aliphatic hydroxyl groups excluding tert-OH is 2. The van der Waals surface area contributed by atoms with E-state index in [1.807, 2.05) is 6.92 Å². The molecule has 1 unspecified atom stereocenters. The lowest BCUT2D eigenvalue weighted by Crippen LogP contribution is -2.30. The topological polar surface area (TPSA) is 118 Å². The van der Waals surface area contributed by atoms with E-state index >= 15 is 0 Å². The average Bonchev–Trinajstić information content (AvgIpc) is 3.18. The summed E-state index contributed by atoms with van der Waals surface area (Å²) in [5.74, 6) is 0.317. The molecule has 4 rings (SSSR count). The number of aryl methyl sites for hydroxylation is 2. The van der Waals surface area contributed by atoms with E-state index in [1.165, 1.54) is 15.3 Å². The number of imidazole rings is 2. The van der Waals surface area contributed by atoms with Crippen LogP contribution < -0.4 is 5.56 Å². The van der Waals surface area contributed by atoms with Gasteiger partial charge in [0.1, 0.15) is 12.2 Å². The Kier molecular flexibility index (Phi) is 3.24. The van der Waals surface area contributed by atoms with Crippen LogP contribution in [-0.2, 0) is 4.74 Å². The van der Waals surface area contributed by atoms with Crippen molar-refractivity contribution in [2.24, 2.45) is 0 Å². The third kappa shape index (κ3) is 1.87. The van der Waals surface area contributed by atoms with Crippen LogP contribution in [0.25, 0.3) is 16.9 Å². The number of aromatic amines is 1. The quantitative estimate of drug-likeness (QED) is 0.584. The third-order valence-corrected chi connectivity index (χ3v) is 4.52. The molecule has 0 radical (unpaired) electrons. The van der Waals surface area contributed by atoms with Gasteiger partial charge in [0.2, 0.25) is 5.78 Å². The van der Waals surface area contributed by atoms with Gasteiger partial charge in [-0.3, -0.25) is 9.36 Å². The fraction of sp³-hybridized carbons (Fsp3) is 0.500. The number of hydrogen-bond acceptors (Lipinski definition) is 6. The Bertz CT molecular complexity index is 993. The standard InChI is InChI=1S/C14H16FN5O4/c1-5-6(2)20-12(23)9-11(18-14(20)17-5)19(4-16-9)13-8(15)10(22)7(3-21)24-13/h4,7-8,10,13,21-22H,3H2,1-2H3,(H,17,18)/t7-,8+,10?,13-/m1/s1. The molecular weight excluding hydrogens is 321 g/mol. The van der Waals surface area contributed by atoms with E-state index in [9.17, 15) is 14.3 Å². The molecule has 9 nitrogen and oxygen atoms in total. The molecule has 3 N–H and O–H groups in total. The van der Waals surface area contributed by atoms with Gasteiger partial charge in [0.15, 0.2) is 23.6 Å². The van der Waals surface area contributed by atoms with Crippen molar-refractivity contribution in [1.82, 2.24) is 23.9 Å². The van der Waals surface area contributed by atoms with Crippen LogP contribution in [0.15, 0.2) is 11.1 Å². The van der Waals surface area contributed by atoms with Gasteiger partial charge in [-0.05, 0) is 13.8 Å². The molecule has 1 aliphatic rings. The molecule has 4 heterocycles. The lowest BCUT2D eigenvalue weighted by Gasteiger charge is -2.14. The number of ether oxygens (including phenoxy) is 1. The second-order valence-electron chi connectivity index (χ2n) is 5.92. The number of nitrogens with one attached hydrogen (secondary N) is 1. The van der Waals surface area contributed by atoms with Crippen LogP contribution in [0.2, 0.25) is 0 Å². The van der Waals surface area contributed by atoms with E-state index in [0.29, 0.717) is 5.78 Å². The van der Waals surface area contributed by atoms with Crippen molar-refractivity contribution in [2.75, 3.05) is 6.61 Å². The van der Waals surface area contributed by atoms with Crippen molar-refractivity contribution in [3.05, 3.63) is 28.1 Å². The Labute approximate surface area is 134 Å². The van der Waals surface area contributed by atoms with Crippen LogP contribution in [-0.4, -0.2) is 59.1 Å². The van der Waals surface area contributed by atoms with Crippen molar-refractivity contribution in [2.45, 2.75) is 38.5 Å². The van der Waals surface area contributed by atoms with Crippen molar-refractivity contribution < 1.29 is 19.3 Å². The molecule has 4 atom stereocenters. The molecule has 0 amide bonds. The average molecular weight is 337 g/mol. The SMILES string of the molecule is Cc1[nH]c2nc3c(ncn3[C@@H]3O[C@H](CO)C(O)[C@@H]3F)c(=O)n2c1C. The van der Waals surface area contributed by atoms with Crippen LogP contribution in [0, 0.1) is 13.8 Å². The zero-order valence-corrected chi connectivity index (χ0v) is 13.0. The van der Waals surface area contributed by atoms with Crippen LogP contribution in [0.5, 0.6) is 0 Å². The first kappa shape index (κ1) is 15.2. The lowest BCUT2D eigenvalue weighted by atomic mass is 10.1. The molecule has 1 aliphatic heterocycles. The molecule has 10 heteroatoms. The van der Waals surface area contributed by atoms with Crippen molar-refractivity contribution in [3.63, 3.8) is 0 Å². The molecular formula is C14H16FN5O4. The molecule has 0 aromatic carbocycles. The molecule has 0 bridgehead atoms. The summed E-state index contributed by atoms with van der Waals surface area (Å²) in [6.45, 7) is 3.08. The number of rotatable bonds is 2. The van der Waals surface area contributed by atoms with Gasteiger partial charge in [-0.1, -0.05) is 0 Å². The smallest absolute Gasteiger partial charge is 0.287 e. The summed E-state index contributed by atoms with van der Waals surface area (Å²) in [5.41, 5.74) is 1.36. The van der Waals surface area contributed by atoms with Crippen molar-refractivity contribution in [1.29, 1.82) is 0 Å². The number of halogens is 1. The summed E-state index contributed by atoms with van der Waals surface area (Å²) in [7, 11) is 0. The van der Waals surface area contributed by atoms with E-state index in [-0.39, 0.29) is 16.7 Å². The summed E-state index contributed by atoms with van der Waals surface area (Å²) in [6.07, 6.45) is -4.23. The van der Waals surface area contributed by atoms with Crippen LogP contribution in [0.3, 0.4) is 0 Å². The lowest BCUT2D eigenvalue weighted by molar-refractivity contribution is -0.0459. The van der Waals surface area contributed by atoms with E-state index in [2.05, 4.69) is 15.0 Å². The van der Waals surface area contributed by atoms with Gasteiger partial charge in [0, 0.05) is 11.4 Å². The normalized spacial score (nSPS) is 27.5. The Morgan fingerprint density at radius 3 is 2.88 bits per heavy atom. The van der Waals surface area contributed by atoms with Gasteiger partial charge < -0.3 is 19.9 Å². The molecule has 1 fully saturated rings. The Balaban J connectivity index is 1.92. The molecule has 0 spiro atoms. The number of aromatic nitrogens is 5. The summed E-state index contributed by atoms with van der Waals surface area (Å²) < 4.78 is 22.4. The fourth-order valence-electron chi connectivity index (χ4n) is 3.05. The van der Waals surface area contributed by atoms with Gasteiger partial charge in [-0.25, -0.2) is 13.8 Å². The summed E-state index contributed by atoms with van der Waals surface area (Å²) in [5, 5.41) is 18.9. The highest BCUT2D eigenvalue weighted by Crippen LogP contribution is 2.33. The predicted molar refractivity (Wildman–Crippen MR) is 80.5 cm³/mol. The maximum atomic E-state index is 14.3. The maximum Gasteiger partial charge on any atom is 0.287 e. The highest BCUT2D eigenvalue weighted by atomic mass is 19.1. The highest BCUT2D eigenvalue weighted by molar-refractivity contribution is 5.72. The minimum Gasteiger partial charge on any atom is -0.394 e. The van der Waals surface area contributed by atoms with Crippen LogP contribution >= 0.6 is 0 Å². The number of aliphatic hydroxyl groups is 2. The van der Waals surface area contributed by atoms with Crippen LogP contribution in [0.4, 0.5) is 4.39 Å². The van der Waals surface area contributed by atoms with E-state index in [4.69, 9.17) is 9.84 Å². The number of hydrogen-bond donors (Lipinski definition) is 3. The predicted octanol–water partition coefficient (Wildman–Crippen LogP) is -0.422. The number of alkyl halides is 1. The minimum atomic E-state index is -1.77. The van der Waals surface area contributed by atoms with Gasteiger partial charge >= 0.3 is 0 Å². The van der Waals surface area contributed by atoms with Crippen molar-refractivity contribution in [3.8, 4) is 0 Å². The summed E-state index contributed by atoms with van der Waals surface area (Å²) >= 11 is 0.